The van der Waals surface area contributed by atoms with Gasteiger partial charge in [-0.25, -0.2) is 14.8 Å². The van der Waals surface area contributed by atoms with Gasteiger partial charge in [0, 0.05) is 16.5 Å². The van der Waals surface area contributed by atoms with E-state index in [2.05, 4.69) is 12.2 Å². The zero-order valence-electron chi connectivity index (χ0n) is 19.4. The van der Waals surface area contributed by atoms with E-state index in [9.17, 15) is 9.59 Å². The van der Waals surface area contributed by atoms with Crippen LogP contribution in [0.1, 0.15) is 42.6 Å². The number of fused-ring (bicyclic) bond motifs is 2. The number of nitrogens with one attached hydrogen (secondary N) is 1. The molecule has 35 heavy (non-hydrogen) atoms. The summed E-state index contributed by atoms with van der Waals surface area (Å²) in [6.07, 6.45) is 0.333. The van der Waals surface area contributed by atoms with E-state index in [1.807, 2.05) is 48.5 Å². The van der Waals surface area contributed by atoms with Gasteiger partial charge in [-0.05, 0) is 43.7 Å². The smallest absolute Gasteiger partial charge is 0.338 e. The Bertz CT molecular complexity index is 1430. The van der Waals surface area contributed by atoms with Crippen LogP contribution in [0.4, 0.5) is 0 Å². The summed E-state index contributed by atoms with van der Waals surface area (Å²) in [5.74, 6) is 1.44. The number of para-hydroxylation sites is 1. The van der Waals surface area contributed by atoms with Crippen LogP contribution in [0.25, 0.3) is 17.0 Å². The van der Waals surface area contributed by atoms with Crippen LogP contribution in [0.3, 0.4) is 0 Å². The van der Waals surface area contributed by atoms with Crippen LogP contribution in [0.2, 0.25) is 0 Å². The number of carbonyl (C=O) groups is 2. The monoisotopic (exact) mass is 488 g/mol. The van der Waals surface area contributed by atoms with Crippen LogP contribution >= 0.6 is 11.8 Å². The first-order valence-electron chi connectivity index (χ1n) is 11.5. The molecular formula is C26H24N4O4S. The van der Waals surface area contributed by atoms with Crippen LogP contribution in [-0.4, -0.2) is 34.4 Å². The molecule has 1 atom stereocenters. The summed E-state index contributed by atoms with van der Waals surface area (Å²) < 4.78 is 11.2. The number of amides is 1. The Morgan fingerprint density at radius 1 is 1.11 bits per heavy atom. The second-order valence-corrected chi connectivity index (χ2v) is 9.00. The van der Waals surface area contributed by atoms with E-state index < -0.39 is 6.17 Å². The Balaban J connectivity index is 1.52. The zero-order chi connectivity index (χ0) is 24.4. The third kappa shape index (κ3) is 4.46. The van der Waals surface area contributed by atoms with Crippen LogP contribution in [-0.2, 0) is 9.53 Å². The lowest BCUT2D eigenvalue weighted by molar-refractivity contribution is -0.116. The molecule has 5 rings (SSSR count). The van der Waals surface area contributed by atoms with Crippen molar-refractivity contribution in [2.45, 2.75) is 26.4 Å². The van der Waals surface area contributed by atoms with Crippen molar-refractivity contribution in [3.63, 3.8) is 0 Å². The van der Waals surface area contributed by atoms with Gasteiger partial charge < -0.3 is 9.15 Å². The number of carbonyl (C=O) groups excluding carboxylic acids is 2. The molecule has 0 unspecified atom stereocenters. The molecule has 0 aliphatic carbocycles. The average molecular weight is 489 g/mol. The predicted molar refractivity (Wildman–Crippen MR) is 134 cm³/mol. The van der Waals surface area contributed by atoms with E-state index in [1.165, 1.54) is 11.8 Å². The second kappa shape index (κ2) is 9.79. The number of benzene rings is 2. The number of amidine groups is 1. The zero-order valence-corrected chi connectivity index (χ0v) is 20.2. The number of thioether (sulfide) groups is 1. The fourth-order valence-corrected chi connectivity index (χ4v) is 4.62. The molecule has 0 spiro atoms. The van der Waals surface area contributed by atoms with E-state index in [4.69, 9.17) is 19.2 Å². The molecule has 3 heterocycles. The summed E-state index contributed by atoms with van der Waals surface area (Å²) in [6, 6.07) is 18.2. The summed E-state index contributed by atoms with van der Waals surface area (Å²) >= 11 is 1.50. The van der Waals surface area contributed by atoms with Gasteiger partial charge in [0.25, 0.3) is 5.91 Å². The average Bonchev–Trinajstić information content (AvgIpc) is 3.37. The summed E-state index contributed by atoms with van der Waals surface area (Å²) in [5.41, 5.74) is 1.73. The van der Waals surface area contributed by atoms with E-state index in [-0.39, 0.29) is 11.9 Å². The van der Waals surface area contributed by atoms with Crippen LogP contribution in [0, 0.1) is 0 Å². The minimum Gasteiger partial charge on any atom is -0.462 e. The van der Waals surface area contributed by atoms with Crippen molar-refractivity contribution in [3.05, 3.63) is 82.6 Å². The number of hydrazone groups is 1. The van der Waals surface area contributed by atoms with Gasteiger partial charge in [-0.3, -0.25) is 10.1 Å². The quantitative estimate of drug-likeness (QED) is 0.534. The van der Waals surface area contributed by atoms with E-state index in [1.54, 1.807) is 24.1 Å². The standard InChI is InChI=1S/C26H24N4O4S/c1-3-15-35-26-28-24(31)22-18-7-5-6-8-19(18)27-23(30(22)29-26)21-14-13-20(34-21)16-9-11-17(12-10-16)25(32)33-4-2/h5-14,23H,3-4,15H2,1-2H3,(H,28,29,31)/t23-/m0/s1. The van der Waals surface area contributed by atoms with E-state index in [0.29, 0.717) is 39.9 Å². The maximum absolute atomic E-state index is 13.1. The van der Waals surface area contributed by atoms with Gasteiger partial charge in [0.1, 0.15) is 11.5 Å². The van der Waals surface area contributed by atoms with Crippen LogP contribution in [0.15, 0.2) is 75.2 Å². The molecule has 2 aliphatic rings. The number of hydrogen-bond donors (Lipinski definition) is 1. The molecule has 1 N–H and O–H groups in total. The summed E-state index contributed by atoms with van der Waals surface area (Å²) in [5, 5.41) is 11.2. The van der Waals surface area contributed by atoms with Gasteiger partial charge in [-0.2, -0.15) is 0 Å². The molecule has 8 nitrogen and oxygen atoms in total. The number of nitrogens with zero attached hydrogens (tertiary/aromatic N) is 3. The number of esters is 1. The Kier molecular flexibility index (Phi) is 6.41. The highest BCUT2D eigenvalue weighted by Crippen LogP contribution is 2.34. The first kappa shape index (κ1) is 22.9. The first-order chi connectivity index (χ1) is 17.1. The Morgan fingerprint density at radius 2 is 1.91 bits per heavy atom. The van der Waals surface area contributed by atoms with Crippen molar-refractivity contribution in [1.82, 2.24) is 10.3 Å². The van der Waals surface area contributed by atoms with Gasteiger partial charge in [-0.15, -0.1) is 5.10 Å². The van der Waals surface area contributed by atoms with E-state index in [0.717, 1.165) is 23.0 Å². The summed E-state index contributed by atoms with van der Waals surface area (Å²) in [7, 11) is 0. The van der Waals surface area contributed by atoms with Crippen molar-refractivity contribution >= 4 is 34.5 Å². The molecule has 0 bridgehead atoms. The highest BCUT2D eigenvalue weighted by atomic mass is 32.2. The fraction of sp³-hybridized carbons (Fsp3) is 0.231. The summed E-state index contributed by atoms with van der Waals surface area (Å²) in [6.45, 7) is 4.18. The number of ether oxygens (including phenoxy) is 1. The molecule has 1 amide bonds. The van der Waals surface area contributed by atoms with Crippen molar-refractivity contribution < 1.29 is 18.7 Å². The molecule has 0 saturated carbocycles. The Hall–Kier alpha value is -3.85. The molecule has 3 aromatic rings. The minimum absolute atomic E-state index is 0.215. The van der Waals surface area contributed by atoms with Crippen molar-refractivity contribution in [3.8, 4) is 11.3 Å². The highest BCUT2D eigenvalue weighted by molar-refractivity contribution is 8.13. The Labute approximate surface area is 206 Å². The number of hydrogen-bond acceptors (Lipinski definition) is 8. The maximum atomic E-state index is 13.1. The summed E-state index contributed by atoms with van der Waals surface area (Å²) in [4.78, 5) is 29.9. The molecule has 0 saturated heterocycles. The minimum atomic E-state index is -0.629. The predicted octanol–water partition coefficient (Wildman–Crippen LogP) is 3.41. The molecule has 178 valence electrons. The molecular weight excluding hydrogens is 464 g/mol. The topological polar surface area (TPSA) is 96.5 Å². The molecule has 2 aliphatic heterocycles. The van der Waals surface area contributed by atoms with Gasteiger partial charge in [0.15, 0.2) is 10.9 Å². The van der Waals surface area contributed by atoms with Crippen LogP contribution < -0.4 is 15.9 Å². The van der Waals surface area contributed by atoms with Gasteiger partial charge in [0.2, 0.25) is 6.17 Å². The van der Waals surface area contributed by atoms with Gasteiger partial charge in [0.05, 0.1) is 17.5 Å². The van der Waals surface area contributed by atoms with Crippen molar-refractivity contribution in [2.75, 3.05) is 12.4 Å². The largest absolute Gasteiger partial charge is 0.462 e. The second-order valence-electron chi connectivity index (χ2n) is 7.92. The lowest BCUT2D eigenvalue weighted by Gasteiger charge is -2.32. The molecule has 2 aromatic carbocycles. The maximum Gasteiger partial charge on any atom is 0.338 e. The van der Waals surface area contributed by atoms with E-state index >= 15 is 0 Å². The van der Waals surface area contributed by atoms with Crippen molar-refractivity contribution in [1.29, 1.82) is 0 Å². The third-order valence-electron chi connectivity index (χ3n) is 5.52. The van der Waals surface area contributed by atoms with Gasteiger partial charge >= 0.3 is 5.97 Å². The number of rotatable bonds is 6. The fourth-order valence-electron chi connectivity index (χ4n) is 3.91. The molecule has 0 radical (unpaired) electrons. The SMILES string of the molecule is CCCSC1=NN2C(=c3ccccc3=N[C@@H]2c2ccc(-c3ccc(C(=O)OCC)cc3)o2)C(=O)N1. The first-order valence-corrected chi connectivity index (χ1v) is 12.4. The normalized spacial score (nSPS) is 16.6. The van der Waals surface area contributed by atoms with Crippen LogP contribution in [0.5, 0.6) is 0 Å². The lowest BCUT2D eigenvalue weighted by Crippen LogP contribution is -2.50. The highest BCUT2D eigenvalue weighted by Gasteiger charge is 2.35. The van der Waals surface area contributed by atoms with Gasteiger partial charge in [-0.1, -0.05) is 49.0 Å². The lowest BCUT2D eigenvalue weighted by atomic mass is 10.1. The third-order valence-corrected chi connectivity index (χ3v) is 6.59. The number of furan rings is 1. The molecule has 0 fully saturated rings. The molecule has 1 aromatic heterocycles. The molecule has 9 heteroatoms. The Morgan fingerprint density at radius 3 is 2.69 bits per heavy atom. The van der Waals surface area contributed by atoms with Crippen molar-refractivity contribution in [2.24, 2.45) is 10.1 Å².